The van der Waals surface area contributed by atoms with Crippen molar-refractivity contribution in [3.63, 3.8) is 0 Å². The van der Waals surface area contributed by atoms with Crippen LogP contribution >= 0.6 is 23.5 Å². The van der Waals surface area contributed by atoms with E-state index in [1.807, 2.05) is 50.5 Å². The standard InChI is InChI=1S/C37H51ClFN7.C17H13N3OS/c1-40-16-8-3-4-9-17-44-18-20-45(21-19-44)26-29-12-14-30(15-13-29)36-27-46(34-10-6-5-7-11-34)37(35(36)25-41-2)43-28-42-33-23-31(38)22-32(39)24-33;1-11-5-6-15(17-16(11)13(8-18)9-19-17)20-22-14-4-2-3-12(7-14)10-21/h12-15,22-25,27,34,40,42H,2-11,16-21,26,28H2,1H3;2-7,9-10,19-20H,1H3/b35-25-,43-37+;. The van der Waals surface area contributed by atoms with Gasteiger partial charge in [0.15, 0.2) is 0 Å². The molecule has 1 saturated carbocycles. The maximum atomic E-state index is 13.9. The zero-order chi connectivity index (χ0) is 47.7. The molecular weight excluding hydrogens is 891 g/mol. The van der Waals surface area contributed by atoms with Crippen LogP contribution in [0.15, 0.2) is 118 Å². The smallest absolute Gasteiger partial charge is 0.150 e. The molecule has 11 nitrogen and oxygen atoms in total. The maximum Gasteiger partial charge on any atom is 0.150 e. The van der Waals surface area contributed by atoms with Crippen LogP contribution in [0, 0.1) is 24.1 Å². The van der Waals surface area contributed by atoms with Gasteiger partial charge in [0.1, 0.15) is 30.7 Å². The van der Waals surface area contributed by atoms with Gasteiger partial charge in [-0.15, -0.1) is 0 Å². The Balaban J connectivity index is 0.000000258. The molecule has 0 atom stereocenters. The molecule has 8 rings (SSSR count). The topological polar surface area (TPSA) is 127 Å². The summed E-state index contributed by atoms with van der Waals surface area (Å²) in [6.45, 7) is 13.9. The predicted octanol–water partition coefficient (Wildman–Crippen LogP) is 11.7. The summed E-state index contributed by atoms with van der Waals surface area (Å²) in [5.41, 5.74) is 9.33. The number of benzene rings is 4. The average molecular weight is 956 g/mol. The van der Waals surface area contributed by atoms with Gasteiger partial charge < -0.3 is 30.1 Å². The summed E-state index contributed by atoms with van der Waals surface area (Å²) in [4.78, 5) is 31.6. The van der Waals surface area contributed by atoms with E-state index in [1.165, 1.54) is 81.1 Å². The number of carbonyl (C=O) groups excluding carboxylic acids is 1. The molecule has 2 aliphatic heterocycles. The van der Waals surface area contributed by atoms with Gasteiger partial charge in [0, 0.05) is 95.1 Å². The summed E-state index contributed by atoms with van der Waals surface area (Å²) < 4.78 is 17.2. The van der Waals surface area contributed by atoms with E-state index in [4.69, 9.17) is 16.6 Å². The highest BCUT2D eigenvalue weighted by Gasteiger charge is 2.32. The third-order valence-corrected chi connectivity index (χ3v) is 13.9. The van der Waals surface area contributed by atoms with Gasteiger partial charge >= 0.3 is 0 Å². The van der Waals surface area contributed by atoms with Gasteiger partial charge in [-0.2, -0.15) is 5.26 Å². The molecule has 1 aliphatic carbocycles. The quantitative estimate of drug-likeness (QED) is 0.0277. The molecule has 14 heteroatoms. The van der Waals surface area contributed by atoms with Crippen molar-refractivity contribution in [1.29, 1.82) is 5.26 Å². The summed E-state index contributed by atoms with van der Waals surface area (Å²) in [6.07, 6.45) is 17.8. The van der Waals surface area contributed by atoms with Crippen LogP contribution in [0.2, 0.25) is 5.02 Å². The molecule has 0 spiro atoms. The van der Waals surface area contributed by atoms with Crippen molar-refractivity contribution in [1.82, 2.24) is 25.0 Å². The molecule has 1 aromatic heterocycles. The summed E-state index contributed by atoms with van der Waals surface area (Å²) in [5.74, 6) is 0.504. The first-order chi connectivity index (χ1) is 33.3. The van der Waals surface area contributed by atoms with Gasteiger partial charge in [0.05, 0.1) is 16.8 Å². The summed E-state index contributed by atoms with van der Waals surface area (Å²) in [6, 6.07) is 27.4. The van der Waals surface area contributed by atoms with Gasteiger partial charge in [-0.1, -0.05) is 86.2 Å². The second kappa shape index (κ2) is 25.6. The number of aromatic amines is 1. The van der Waals surface area contributed by atoms with Crippen molar-refractivity contribution in [2.24, 2.45) is 9.98 Å². The molecule has 0 radical (unpaired) electrons. The molecule has 0 unspecified atom stereocenters. The molecule has 68 heavy (non-hydrogen) atoms. The van der Waals surface area contributed by atoms with Crippen LogP contribution in [0.1, 0.15) is 90.4 Å². The number of hydrogen-bond acceptors (Lipinski definition) is 10. The van der Waals surface area contributed by atoms with E-state index in [0.717, 1.165) is 108 Å². The lowest BCUT2D eigenvalue weighted by atomic mass is 9.94. The largest absolute Gasteiger partial charge is 0.366 e. The number of nitrogens with one attached hydrogen (secondary N) is 4. The highest BCUT2D eigenvalue weighted by atomic mass is 35.5. The number of aldehydes is 1. The number of H-pyrrole nitrogens is 1. The first-order valence-corrected chi connectivity index (χ1v) is 25.0. The van der Waals surface area contributed by atoms with Crippen LogP contribution in [0.3, 0.4) is 0 Å². The van der Waals surface area contributed by atoms with Crippen molar-refractivity contribution in [3.05, 3.63) is 142 Å². The van der Waals surface area contributed by atoms with Gasteiger partial charge in [-0.3, -0.25) is 14.7 Å². The minimum atomic E-state index is -0.375. The van der Waals surface area contributed by atoms with E-state index in [2.05, 4.69) is 83.3 Å². The monoisotopic (exact) mass is 954 g/mol. The lowest BCUT2D eigenvalue weighted by molar-refractivity contribution is 0.112. The fourth-order valence-electron chi connectivity index (χ4n) is 9.21. The Hall–Kier alpha value is -5.75. The van der Waals surface area contributed by atoms with Gasteiger partial charge in [-0.05, 0) is 124 Å². The number of carbonyl (C=O) groups is 1. The van der Waals surface area contributed by atoms with Crippen LogP contribution in [-0.2, 0) is 6.54 Å². The Morgan fingerprint density at radius 1 is 0.971 bits per heavy atom. The highest BCUT2D eigenvalue weighted by molar-refractivity contribution is 8.00. The lowest BCUT2D eigenvalue weighted by Gasteiger charge is -2.34. The number of fused-ring (bicyclic) bond motifs is 1. The number of unbranched alkanes of at least 4 members (excludes halogenated alkanes) is 3. The Labute approximate surface area is 410 Å². The molecule has 3 aliphatic rings. The van der Waals surface area contributed by atoms with Crippen LogP contribution in [-0.4, -0.2) is 97.5 Å². The number of amidine groups is 1. The molecule has 356 valence electrons. The summed E-state index contributed by atoms with van der Waals surface area (Å²) >= 11 is 7.50. The fourth-order valence-corrected chi connectivity index (χ4v) is 10.2. The number of halogens is 2. The lowest BCUT2D eigenvalue weighted by Crippen LogP contribution is -2.46. The Kier molecular flexibility index (Phi) is 18.9. The van der Waals surface area contributed by atoms with E-state index < -0.39 is 0 Å². The maximum absolute atomic E-state index is 13.9. The number of piperazine rings is 1. The Morgan fingerprint density at radius 3 is 2.49 bits per heavy atom. The fraction of sp³-hybridized carbons (Fsp3) is 0.370. The van der Waals surface area contributed by atoms with Crippen molar-refractivity contribution >= 4 is 70.2 Å². The third kappa shape index (κ3) is 13.7. The molecule has 0 amide bonds. The Bertz CT molecular complexity index is 2590. The van der Waals surface area contributed by atoms with E-state index in [9.17, 15) is 14.4 Å². The SMILES string of the molecule is C=N/C=C1/C(c2ccc(CN3CCN(CCCCCCNC)CC3)cc2)=CN(C2CCCCC2)/C1=N/CNc1cc(F)cc(Cl)c1.Cc1ccc(NSc2cccc(C=O)c2)c2[nH]cc(C#N)c12. The molecule has 4 aromatic carbocycles. The molecule has 1 saturated heterocycles. The molecule has 4 N–H and O–H groups in total. The number of nitrogens with zero attached hydrogens (tertiary/aromatic N) is 6. The second-order valence-corrected chi connectivity index (χ2v) is 19.0. The predicted molar refractivity (Wildman–Crippen MR) is 281 cm³/mol. The van der Waals surface area contributed by atoms with Gasteiger partial charge in [0.25, 0.3) is 0 Å². The van der Waals surface area contributed by atoms with Crippen LogP contribution in [0.5, 0.6) is 0 Å². The number of aliphatic imine (C=N–C) groups is 2. The number of aryl methyl sites for hydroxylation is 1. The van der Waals surface area contributed by atoms with E-state index in [0.29, 0.717) is 27.9 Å². The zero-order valence-corrected chi connectivity index (χ0v) is 40.9. The van der Waals surface area contributed by atoms with Crippen molar-refractivity contribution < 1.29 is 9.18 Å². The van der Waals surface area contributed by atoms with E-state index in [-0.39, 0.29) is 12.5 Å². The first kappa shape index (κ1) is 50.1. The average Bonchev–Trinajstić information content (AvgIpc) is 3.96. The van der Waals surface area contributed by atoms with Crippen LogP contribution in [0.25, 0.3) is 16.5 Å². The Morgan fingerprint density at radius 2 is 1.75 bits per heavy atom. The van der Waals surface area contributed by atoms with Crippen LogP contribution in [0.4, 0.5) is 15.8 Å². The van der Waals surface area contributed by atoms with Crippen LogP contribution < -0.4 is 15.4 Å². The molecular formula is C54H64ClFN10OS. The number of aromatic nitrogens is 1. The number of rotatable bonds is 19. The minimum Gasteiger partial charge on any atom is -0.366 e. The summed E-state index contributed by atoms with van der Waals surface area (Å²) in [7, 11) is 2.03. The van der Waals surface area contributed by atoms with Crippen molar-refractivity contribution in [2.75, 3.05) is 63.0 Å². The minimum absolute atomic E-state index is 0.289. The van der Waals surface area contributed by atoms with Gasteiger partial charge in [-0.25, -0.2) is 9.38 Å². The normalized spacial score (nSPS) is 16.9. The number of nitriles is 1. The molecule has 3 heterocycles. The van der Waals surface area contributed by atoms with Gasteiger partial charge in [0.2, 0.25) is 0 Å². The molecule has 5 aromatic rings. The number of hydrogen-bond donors (Lipinski definition) is 4. The molecule has 2 fully saturated rings. The highest BCUT2D eigenvalue weighted by Crippen LogP contribution is 2.37. The van der Waals surface area contributed by atoms with E-state index >= 15 is 0 Å². The third-order valence-electron chi connectivity index (χ3n) is 12.8. The summed E-state index contributed by atoms with van der Waals surface area (Å²) in [5, 5.41) is 16.9. The van der Waals surface area contributed by atoms with Crippen molar-refractivity contribution in [2.45, 2.75) is 82.2 Å². The zero-order valence-electron chi connectivity index (χ0n) is 39.4. The van der Waals surface area contributed by atoms with Crippen molar-refractivity contribution in [3.8, 4) is 6.07 Å². The molecule has 0 bridgehead atoms. The second-order valence-electron chi connectivity index (χ2n) is 17.7. The first-order valence-electron chi connectivity index (χ1n) is 23.9. The number of anilines is 2. The van der Waals surface area contributed by atoms with E-state index in [1.54, 1.807) is 18.3 Å².